The van der Waals surface area contributed by atoms with E-state index in [0.29, 0.717) is 12.2 Å². The Morgan fingerprint density at radius 3 is 2.08 bits per heavy atom. The number of nitrogens with one attached hydrogen (secondary N) is 3. The highest BCUT2D eigenvalue weighted by Gasteiger charge is 2.25. The van der Waals surface area contributed by atoms with Crippen LogP contribution in [0.4, 0.5) is 4.79 Å². The van der Waals surface area contributed by atoms with Crippen molar-refractivity contribution in [3.63, 3.8) is 0 Å². The van der Waals surface area contributed by atoms with E-state index in [1.165, 1.54) is 28.8 Å². The number of carbonyl (C=O) groups excluding carboxylic acids is 3. The molecule has 0 bridgehead atoms. The average Bonchev–Trinajstić information content (AvgIpc) is 3.25. The van der Waals surface area contributed by atoms with Crippen molar-refractivity contribution in [3.8, 4) is 0 Å². The Hall–Kier alpha value is -4.54. The first-order chi connectivity index (χ1) is 18.8. The van der Waals surface area contributed by atoms with Crippen LogP contribution in [0.5, 0.6) is 0 Å². The third kappa shape index (κ3) is 13.8. The third-order valence-electron chi connectivity index (χ3n) is 5.38. The lowest BCUT2D eigenvalue weighted by atomic mass is 10.1. The van der Waals surface area contributed by atoms with Gasteiger partial charge in [-0.05, 0) is 32.6 Å². The number of hydrogen-bond acceptors (Lipinski definition) is 9. The monoisotopic (exact) mass is 570 g/mol. The minimum Gasteiger partial charge on any atom is -0.481 e. The fourth-order valence-electron chi connectivity index (χ4n) is 3.56. The Balaban J connectivity index is 2.51. The van der Waals surface area contributed by atoms with Gasteiger partial charge >= 0.3 is 29.9 Å². The summed E-state index contributed by atoms with van der Waals surface area (Å²) in [5.41, 5.74) is 0. The molecule has 0 aromatic carbocycles. The molecule has 0 radical (unpaired) electrons. The maximum absolute atomic E-state index is 12.4. The van der Waals surface area contributed by atoms with Gasteiger partial charge in [-0.25, -0.2) is 19.4 Å². The first kappa shape index (κ1) is 33.5. The van der Waals surface area contributed by atoms with Crippen molar-refractivity contribution in [1.29, 1.82) is 0 Å². The van der Waals surface area contributed by atoms with Crippen molar-refractivity contribution in [3.05, 3.63) is 18.2 Å². The van der Waals surface area contributed by atoms with Gasteiger partial charge in [-0.2, -0.15) is 0 Å². The molecule has 17 nitrogen and oxygen atoms in total. The number of urea groups is 1. The number of hydrogen-bond donors (Lipinski definition) is 7. The smallest absolute Gasteiger partial charge is 0.326 e. The molecular weight excluding hydrogens is 536 g/mol. The van der Waals surface area contributed by atoms with Crippen molar-refractivity contribution in [1.82, 2.24) is 30.4 Å². The van der Waals surface area contributed by atoms with Crippen LogP contribution in [0, 0.1) is 0 Å². The van der Waals surface area contributed by atoms with Crippen LogP contribution in [0.2, 0.25) is 0 Å². The molecule has 1 aromatic rings. The first-order valence-electron chi connectivity index (χ1n) is 12.2. The maximum atomic E-state index is 12.4. The number of carboxylic acids is 4. The van der Waals surface area contributed by atoms with Gasteiger partial charge in [0.2, 0.25) is 5.91 Å². The summed E-state index contributed by atoms with van der Waals surface area (Å²) >= 11 is 0. The quantitative estimate of drug-likeness (QED) is 0.0902. The van der Waals surface area contributed by atoms with E-state index in [2.05, 4.69) is 15.6 Å². The number of Topliss-reactive ketones (excluding diaryl/α,β-unsaturated/α-hetero) is 1. The van der Waals surface area contributed by atoms with Crippen molar-refractivity contribution in [2.24, 2.45) is 0 Å². The molecular formula is C23H34N6O11. The molecule has 17 heteroatoms. The highest BCUT2D eigenvalue weighted by atomic mass is 16.4. The number of ketones is 1. The summed E-state index contributed by atoms with van der Waals surface area (Å²) in [4.78, 5) is 86.0. The highest BCUT2D eigenvalue weighted by Crippen LogP contribution is 2.05. The van der Waals surface area contributed by atoms with Gasteiger partial charge in [-0.1, -0.05) is 0 Å². The van der Waals surface area contributed by atoms with Crippen molar-refractivity contribution >= 4 is 41.6 Å². The van der Waals surface area contributed by atoms with Gasteiger partial charge in [-0.3, -0.25) is 24.1 Å². The SMILES string of the molecule is CC(=O)CN(CC(=O)NCCCC[C@H](NC(=O)N[C@@H](CCC(=O)O)C(=O)O)C(=O)O)Cc1nccn1CC(=O)O. The van der Waals surface area contributed by atoms with Gasteiger partial charge < -0.3 is 40.9 Å². The Labute approximate surface area is 228 Å². The molecule has 0 fully saturated rings. The number of aromatic nitrogens is 2. The molecule has 222 valence electrons. The van der Waals surface area contributed by atoms with Crippen LogP contribution in [0.25, 0.3) is 0 Å². The maximum Gasteiger partial charge on any atom is 0.326 e. The van der Waals surface area contributed by atoms with Gasteiger partial charge in [0.15, 0.2) is 0 Å². The minimum absolute atomic E-state index is 0.0335. The zero-order valence-electron chi connectivity index (χ0n) is 21.9. The molecule has 0 unspecified atom stereocenters. The van der Waals surface area contributed by atoms with Gasteiger partial charge in [-0.15, -0.1) is 0 Å². The van der Waals surface area contributed by atoms with Crippen molar-refractivity contribution in [2.45, 2.75) is 64.2 Å². The molecule has 0 aliphatic rings. The topological polar surface area (TPSA) is 258 Å². The zero-order valence-corrected chi connectivity index (χ0v) is 21.9. The molecule has 1 aromatic heterocycles. The summed E-state index contributed by atoms with van der Waals surface area (Å²) in [7, 11) is 0. The summed E-state index contributed by atoms with van der Waals surface area (Å²) in [5, 5.41) is 42.9. The number of carbonyl (C=O) groups is 7. The second-order valence-corrected chi connectivity index (χ2v) is 8.89. The summed E-state index contributed by atoms with van der Waals surface area (Å²) in [6.07, 6.45) is 2.57. The van der Waals surface area contributed by atoms with Crippen LogP contribution < -0.4 is 16.0 Å². The molecule has 1 heterocycles. The second kappa shape index (κ2) is 17.1. The number of amides is 3. The van der Waals surface area contributed by atoms with Crippen LogP contribution in [0.15, 0.2) is 12.4 Å². The fourth-order valence-corrected chi connectivity index (χ4v) is 3.56. The fraction of sp³-hybridized carbons (Fsp3) is 0.565. The molecule has 7 N–H and O–H groups in total. The highest BCUT2D eigenvalue weighted by molar-refractivity contribution is 5.86. The van der Waals surface area contributed by atoms with E-state index >= 15 is 0 Å². The van der Waals surface area contributed by atoms with E-state index in [9.17, 15) is 38.7 Å². The number of carboxylic acid groups (broad SMARTS) is 4. The number of unbranched alkanes of at least 4 members (excludes halogenated alkanes) is 1. The van der Waals surface area contributed by atoms with E-state index in [1.807, 2.05) is 5.32 Å². The molecule has 0 spiro atoms. The van der Waals surface area contributed by atoms with Crippen LogP contribution >= 0.6 is 0 Å². The lowest BCUT2D eigenvalue weighted by Gasteiger charge is -2.20. The van der Waals surface area contributed by atoms with Crippen LogP contribution in [-0.2, 0) is 41.9 Å². The molecule has 0 saturated heterocycles. The average molecular weight is 571 g/mol. The van der Waals surface area contributed by atoms with E-state index in [-0.39, 0.29) is 57.8 Å². The van der Waals surface area contributed by atoms with Crippen LogP contribution in [-0.4, -0.2) is 108 Å². The number of aliphatic carboxylic acids is 4. The van der Waals surface area contributed by atoms with Crippen LogP contribution in [0.3, 0.4) is 0 Å². The number of imidazole rings is 1. The lowest BCUT2D eigenvalue weighted by Crippen LogP contribution is -2.51. The summed E-state index contributed by atoms with van der Waals surface area (Å²) in [6.45, 7) is 0.995. The summed E-state index contributed by atoms with van der Waals surface area (Å²) in [6, 6.07) is -3.95. The second-order valence-electron chi connectivity index (χ2n) is 8.89. The van der Waals surface area contributed by atoms with E-state index in [4.69, 9.17) is 15.3 Å². The largest absolute Gasteiger partial charge is 0.481 e. The lowest BCUT2D eigenvalue weighted by molar-refractivity contribution is -0.141. The summed E-state index contributed by atoms with van der Waals surface area (Å²) < 4.78 is 1.39. The Kier molecular flexibility index (Phi) is 14.3. The number of nitrogens with zero attached hydrogens (tertiary/aromatic N) is 3. The van der Waals surface area contributed by atoms with Crippen molar-refractivity contribution < 1.29 is 54.0 Å². The summed E-state index contributed by atoms with van der Waals surface area (Å²) in [5.74, 6) is -5.43. The van der Waals surface area contributed by atoms with Gasteiger partial charge in [0.25, 0.3) is 0 Å². The van der Waals surface area contributed by atoms with E-state index in [1.54, 1.807) is 0 Å². The van der Waals surface area contributed by atoms with Gasteiger partial charge in [0.05, 0.1) is 19.6 Å². The molecule has 1 rings (SSSR count). The standard InChI is InChI=1S/C23H34N6O11/c1-14(30)10-28(11-17-24-8-9-29(17)13-20(34)35)12-18(31)25-7-3-2-4-15(21(36)37)26-23(40)27-16(22(38)39)5-6-19(32)33/h8-9,15-16H,2-7,10-13H2,1H3,(H,25,31)(H,32,33)(H,34,35)(H,36,37)(H,38,39)(H2,26,27,40)/t15-,16-/m0/s1. The van der Waals surface area contributed by atoms with Crippen LogP contribution in [0.1, 0.15) is 44.9 Å². The van der Waals surface area contributed by atoms with Gasteiger partial charge in [0, 0.05) is 25.4 Å². The normalized spacial score (nSPS) is 12.2. The first-order valence-corrected chi connectivity index (χ1v) is 12.2. The number of rotatable bonds is 20. The molecule has 0 aliphatic carbocycles. The molecule has 3 amide bonds. The van der Waals surface area contributed by atoms with Crippen molar-refractivity contribution in [2.75, 3.05) is 19.6 Å². The molecule has 0 aliphatic heterocycles. The predicted molar refractivity (Wildman–Crippen MR) is 134 cm³/mol. The van der Waals surface area contributed by atoms with E-state index in [0.717, 1.165) is 0 Å². The molecule has 2 atom stereocenters. The Morgan fingerprint density at radius 1 is 0.900 bits per heavy atom. The third-order valence-corrected chi connectivity index (χ3v) is 5.38. The van der Waals surface area contributed by atoms with E-state index < -0.39 is 54.3 Å². The zero-order chi connectivity index (χ0) is 30.2. The Bertz CT molecular complexity index is 1070. The minimum atomic E-state index is -1.51. The predicted octanol–water partition coefficient (Wildman–Crippen LogP) is -1.28. The molecule has 0 saturated carbocycles. The van der Waals surface area contributed by atoms with Gasteiger partial charge in [0.1, 0.15) is 30.2 Å². The molecule has 40 heavy (non-hydrogen) atoms. The Morgan fingerprint density at radius 2 is 1.52 bits per heavy atom.